The van der Waals surface area contributed by atoms with Crippen LogP contribution in [0.1, 0.15) is 34.5 Å². The summed E-state index contributed by atoms with van der Waals surface area (Å²) < 4.78 is 11.0. The van der Waals surface area contributed by atoms with E-state index in [-0.39, 0.29) is 18.4 Å². The molecule has 0 radical (unpaired) electrons. The minimum absolute atomic E-state index is 0.0345. The number of fused-ring (bicyclic) bond motifs is 1. The van der Waals surface area contributed by atoms with Crippen molar-refractivity contribution in [2.75, 3.05) is 18.5 Å². The summed E-state index contributed by atoms with van der Waals surface area (Å²) in [5, 5.41) is 3.28. The van der Waals surface area contributed by atoms with Crippen molar-refractivity contribution in [3.8, 4) is 0 Å². The van der Waals surface area contributed by atoms with Gasteiger partial charge in [0.25, 0.3) is 0 Å². The molecule has 6 nitrogen and oxygen atoms in total. The largest absolute Gasteiger partial charge is 0.458 e. The number of anilines is 2. The minimum atomic E-state index is -0.499. The Morgan fingerprint density at radius 1 is 1.14 bits per heavy atom. The van der Waals surface area contributed by atoms with Gasteiger partial charge in [0, 0.05) is 12.3 Å². The van der Waals surface area contributed by atoms with Gasteiger partial charge >= 0.3 is 5.97 Å². The Morgan fingerprint density at radius 2 is 1.93 bits per heavy atom. The number of hydrogen-bond donors (Lipinski definition) is 1. The number of nitrogens with zero attached hydrogens (tertiary/aromatic N) is 2. The zero-order valence-corrected chi connectivity index (χ0v) is 16.1. The monoisotopic (exact) mass is 377 g/mol. The highest BCUT2D eigenvalue weighted by atomic mass is 16.6. The zero-order valence-electron chi connectivity index (χ0n) is 16.1. The smallest absolute Gasteiger partial charge is 0.360 e. The quantitative estimate of drug-likeness (QED) is 0.667. The molecule has 4 rings (SSSR count). The third-order valence-corrected chi connectivity index (χ3v) is 5.05. The van der Waals surface area contributed by atoms with Gasteiger partial charge in [0.15, 0.2) is 11.5 Å². The Morgan fingerprint density at radius 3 is 2.68 bits per heavy atom. The van der Waals surface area contributed by atoms with E-state index in [0.29, 0.717) is 16.9 Å². The van der Waals surface area contributed by atoms with Crippen LogP contribution in [0, 0.1) is 13.8 Å². The second-order valence-corrected chi connectivity index (χ2v) is 7.02. The Labute approximate surface area is 163 Å². The highest BCUT2D eigenvalue weighted by molar-refractivity contribution is 5.96. The molecule has 0 spiro atoms. The average molecular weight is 377 g/mol. The van der Waals surface area contributed by atoms with E-state index in [4.69, 9.17) is 9.47 Å². The van der Waals surface area contributed by atoms with E-state index >= 15 is 0 Å². The number of para-hydroxylation sites is 2. The summed E-state index contributed by atoms with van der Waals surface area (Å²) in [5.41, 5.74) is 4.68. The van der Waals surface area contributed by atoms with Gasteiger partial charge in [0.1, 0.15) is 6.61 Å². The molecule has 1 aromatic heterocycles. The van der Waals surface area contributed by atoms with Crippen LogP contribution in [0.2, 0.25) is 0 Å². The number of benzene rings is 2. The Bertz CT molecular complexity index is 1010. The van der Waals surface area contributed by atoms with Crippen LogP contribution < -0.4 is 5.32 Å². The third-order valence-electron chi connectivity index (χ3n) is 5.05. The molecule has 2 aromatic carbocycles. The van der Waals surface area contributed by atoms with E-state index in [0.717, 1.165) is 36.3 Å². The minimum Gasteiger partial charge on any atom is -0.458 e. The maximum atomic E-state index is 12.8. The summed E-state index contributed by atoms with van der Waals surface area (Å²) >= 11 is 0. The van der Waals surface area contributed by atoms with Crippen LogP contribution in [0.5, 0.6) is 0 Å². The first-order chi connectivity index (χ1) is 13.6. The van der Waals surface area contributed by atoms with Crippen molar-refractivity contribution < 1.29 is 14.3 Å². The molecule has 1 fully saturated rings. The molecule has 1 aliphatic heterocycles. The number of aryl methyl sites for hydroxylation is 1. The molecular formula is C22H23N3O3. The number of aromatic nitrogens is 2. The van der Waals surface area contributed by atoms with E-state index in [9.17, 15) is 4.79 Å². The lowest BCUT2D eigenvalue weighted by Gasteiger charge is -2.15. The van der Waals surface area contributed by atoms with Crippen molar-refractivity contribution in [1.29, 1.82) is 0 Å². The number of carbonyl (C=O) groups is 1. The van der Waals surface area contributed by atoms with Crippen molar-refractivity contribution >= 4 is 28.5 Å². The fourth-order valence-electron chi connectivity index (χ4n) is 3.26. The van der Waals surface area contributed by atoms with Crippen molar-refractivity contribution in [1.82, 2.24) is 9.97 Å². The highest BCUT2D eigenvalue weighted by Crippen LogP contribution is 2.25. The van der Waals surface area contributed by atoms with Crippen molar-refractivity contribution in [3.63, 3.8) is 0 Å². The zero-order chi connectivity index (χ0) is 19.5. The maximum Gasteiger partial charge on any atom is 0.360 e. The molecule has 144 valence electrons. The summed E-state index contributed by atoms with van der Waals surface area (Å²) in [6.45, 7) is 5.03. The van der Waals surface area contributed by atoms with Crippen LogP contribution in [0.25, 0.3) is 11.0 Å². The van der Waals surface area contributed by atoms with Gasteiger partial charge in [0.2, 0.25) is 0 Å². The third kappa shape index (κ3) is 3.82. The summed E-state index contributed by atoms with van der Waals surface area (Å²) in [7, 11) is 0. The molecule has 0 aliphatic carbocycles. The van der Waals surface area contributed by atoms with Gasteiger partial charge in [-0.05, 0) is 56.0 Å². The normalized spacial score (nSPS) is 16.3. The lowest BCUT2D eigenvalue weighted by molar-refractivity contribution is 0.0157. The molecule has 3 aromatic rings. The first-order valence-electron chi connectivity index (χ1n) is 9.50. The number of carbonyl (C=O) groups excluding carboxylic acids is 1. The number of rotatable bonds is 5. The number of hydrogen-bond acceptors (Lipinski definition) is 6. The van der Waals surface area contributed by atoms with Crippen molar-refractivity contribution in [2.45, 2.75) is 32.8 Å². The average Bonchev–Trinajstić information content (AvgIpc) is 3.23. The van der Waals surface area contributed by atoms with E-state index in [1.165, 1.54) is 0 Å². The molecule has 0 bridgehead atoms. The molecule has 1 unspecified atom stereocenters. The molecule has 28 heavy (non-hydrogen) atoms. The molecular weight excluding hydrogens is 354 g/mol. The van der Waals surface area contributed by atoms with Crippen LogP contribution in [-0.4, -0.2) is 35.3 Å². The van der Waals surface area contributed by atoms with Crippen LogP contribution >= 0.6 is 0 Å². The molecule has 2 heterocycles. The predicted molar refractivity (Wildman–Crippen MR) is 108 cm³/mol. The highest BCUT2D eigenvalue weighted by Gasteiger charge is 2.22. The fraction of sp³-hybridized carbons (Fsp3) is 0.318. The van der Waals surface area contributed by atoms with Gasteiger partial charge in [-0.25, -0.2) is 14.8 Å². The Kier molecular flexibility index (Phi) is 5.21. The molecule has 0 saturated carbocycles. The summed E-state index contributed by atoms with van der Waals surface area (Å²) in [4.78, 5) is 22.0. The summed E-state index contributed by atoms with van der Waals surface area (Å²) in [5.74, 6) is -0.105. The summed E-state index contributed by atoms with van der Waals surface area (Å²) in [6.07, 6.45) is 1.87. The molecule has 1 saturated heterocycles. The second kappa shape index (κ2) is 7.94. The van der Waals surface area contributed by atoms with E-state index < -0.39 is 5.97 Å². The number of ether oxygens (including phenoxy) is 2. The van der Waals surface area contributed by atoms with Crippen LogP contribution in [-0.2, 0) is 9.47 Å². The number of esters is 1. The van der Waals surface area contributed by atoms with E-state index in [2.05, 4.69) is 15.3 Å². The van der Waals surface area contributed by atoms with Gasteiger partial charge in [-0.3, -0.25) is 0 Å². The molecule has 1 aliphatic rings. The number of nitrogens with one attached hydrogen (secondary N) is 1. The van der Waals surface area contributed by atoms with Gasteiger partial charge < -0.3 is 14.8 Å². The lowest BCUT2D eigenvalue weighted by Crippen LogP contribution is -2.20. The topological polar surface area (TPSA) is 73.3 Å². The first-order valence-corrected chi connectivity index (χ1v) is 9.50. The SMILES string of the molecule is Cc1cccc(Nc2nc3ccccc3nc2C(=O)OCC2CCCO2)c1C. The van der Waals surface area contributed by atoms with Gasteiger partial charge in [-0.1, -0.05) is 24.3 Å². The first kappa shape index (κ1) is 18.4. The van der Waals surface area contributed by atoms with Crippen LogP contribution in [0.15, 0.2) is 42.5 Å². The van der Waals surface area contributed by atoms with E-state index in [1.54, 1.807) is 0 Å². The van der Waals surface area contributed by atoms with Crippen molar-refractivity contribution in [2.24, 2.45) is 0 Å². The molecule has 1 N–H and O–H groups in total. The van der Waals surface area contributed by atoms with Gasteiger partial charge in [-0.2, -0.15) is 0 Å². The van der Waals surface area contributed by atoms with E-state index in [1.807, 2.05) is 56.3 Å². The molecule has 0 amide bonds. The lowest BCUT2D eigenvalue weighted by atomic mass is 10.1. The molecule has 1 atom stereocenters. The van der Waals surface area contributed by atoms with Crippen LogP contribution in [0.3, 0.4) is 0 Å². The molecule has 6 heteroatoms. The van der Waals surface area contributed by atoms with Gasteiger partial charge in [0.05, 0.1) is 17.1 Å². The second-order valence-electron chi connectivity index (χ2n) is 7.02. The maximum absolute atomic E-state index is 12.8. The predicted octanol–water partition coefficient (Wildman–Crippen LogP) is 4.33. The standard InChI is InChI=1S/C22H23N3O3/c1-14-7-5-11-17(15(14)2)24-21-20(22(26)28-13-16-8-6-12-27-16)23-18-9-3-4-10-19(18)25-21/h3-5,7,9-11,16H,6,8,12-13H2,1-2H3,(H,24,25). The van der Waals surface area contributed by atoms with Crippen LogP contribution in [0.4, 0.5) is 11.5 Å². The summed E-state index contributed by atoms with van der Waals surface area (Å²) in [6, 6.07) is 13.4. The fourth-order valence-corrected chi connectivity index (χ4v) is 3.26. The Balaban J connectivity index is 1.67. The van der Waals surface area contributed by atoms with Crippen molar-refractivity contribution in [3.05, 3.63) is 59.3 Å². The van der Waals surface area contributed by atoms with Gasteiger partial charge in [-0.15, -0.1) is 0 Å². The Hall–Kier alpha value is -2.99.